The van der Waals surface area contributed by atoms with Gasteiger partial charge in [-0.2, -0.15) is 0 Å². The van der Waals surface area contributed by atoms with Crippen LogP contribution in [0.3, 0.4) is 0 Å². The Kier molecular flexibility index (Phi) is 7.05. The van der Waals surface area contributed by atoms with E-state index in [1.807, 2.05) is 0 Å². The maximum absolute atomic E-state index is 12.1. The SMILES string of the molecule is CCOC(=O)c1c(C)cc(O)cc1O.O=c1c(O)c(-c2ccc(O)c(O)c2)oc2cc(O)ccc12. The van der Waals surface area contributed by atoms with Crippen molar-refractivity contribution in [3.8, 4) is 45.8 Å². The molecule has 0 aliphatic carbocycles. The van der Waals surface area contributed by atoms with E-state index in [4.69, 9.17) is 14.3 Å². The van der Waals surface area contributed by atoms with Gasteiger partial charge in [-0.25, -0.2) is 4.79 Å². The minimum Gasteiger partial charge on any atom is -0.508 e. The molecule has 1 aromatic heterocycles. The third kappa shape index (κ3) is 5.22. The van der Waals surface area contributed by atoms with Gasteiger partial charge >= 0.3 is 5.97 Å². The molecule has 10 heteroatoms. The Bertz CT molecular complexity index is 1450. The van der Waals surface area contributed by atoms with Crippen LogP contribution >= 0.6 is 0 Å². The summed E-state index contributed by atoms with van der Waals surface area (Å²) in [5, 5.41) is 56.8. The molecule has 0 radical (unpaired) electrons. The van der Waals surface area contributed by atoms with Crippen LogP contribution in [0, 0.1) is 6.92 Å². The number of ether oxygens (including phenoxy) is 1. The molecular weight excluding hydrogens is 460 g/mol. The number of rotatable bonds is 3. The first-order valence-corrected chi connectivity index (χ1v) is 10.2. The second-order valence-electron chi connectivity index (χ2n) is 7.37. The van der Waals surface area contributed by atoms with Crippen LogP contribution in [0.2, 0.25) is 0 Å². The highest BCUT2D eigenvalue weighted by Gasteiger charge is 2.17. The van der Waals surface area contributed by atoms with Gasteiger partial charge in [-0.05, 0) is 55.8 Å². The van der Waals surface area contributed by atoms with Crippen LogP contribution in [0.5, 0.6) is 34.5 Å². The Morgan fingerprint density at radius 3 is 2.20 bits per heavy atom. The molecule has 0 bridgehead atoms. The van der Waals surface area contributed by atoms with Gasteiger partial charge in [0.25, 0.3) is 0 Å². The molecule has 1 heterocycles. The van der Waals surface area contributed by atoms with Crippen LogP contribution in [-0.4, -0.2) is 43.2 Å². The third-order valence-corrected chi connectivity index (χ3v) is 4.87. The molecule has 6 N–H and O–H groups in total. The van der Waals surface area contributed by atoms with E-state index in [1.54, 1.807) is 13.8 Å². The van der Waals surface area contributed by atoms with Crippen molar-refractivity contribution in [2.75, 3.05) is 6.61 Å². The van der Waals surface area contributed by atoms with Gasteiger partial charge in [0.1, 0.15) is 28.4 Å². The van der Waals surface area contributed by atoms with Gasteiger partial charge in [0.2, 0.25) is 11.2 Å². The number of esters is 1. The van der Waals surface area contributed by atoms with Gasteiger partial charge in [-0.3, -0.25) is 4.79 Å². The Morgan fingerprint density at radius 1 is 0.857 bits per heavy atom. The van der Waals surface area contributed by atoms with Crippen molar-refractivity contribution >= 4 is 16.9 Å². The van der Waals surface area contributed by atoms with Crippen LogP contribution in [0.1, 0.15) is 22.8 Å². The summed E-state index contributed by atoms with van der Waals surface area (Å²) in [5.74, 6) is -2.52. The predicted octanol–water partition coefficient (Wildman–Crippen LogP) is 3.87. The monoisotopic (exact) mass is 482 g/mol. The summed E-state index contributed by atoms with van der Waals surface area (Å²) in [6.07, 6.45) is 0. The molecule has 0 spiro atoms. The highest BCUT2D eigenvalue weighted by molar-refractivity contribution is 5.94. The molecule has 35 heavy (non-hydrogen) atoms. The zero-order valence-corrected chi connectivity index (χ0v) is 18.6. The van der Waals surface area contributed by atoms with Crippen LogP contribution in [0.15, 0.2) is 57.7 Å². The number of fused-ring (bicyclic) bond motifs is 1. The fraction of sp³-hybridized carbons (Fsp3) is 0.120. The minimum atomic E-state index is -0.654. The van der Waals surface area contributed by atoms with Crippen molar-refractivity contribution in [2.24, 2.45) is 0 Å². The molecular formula is C25H22O10. The van der Waals surface area contributed by atoms with E-state index in [0.717, 1.165) is 12.1 Å². The van der Waals surface area contributed by atoms with Gasteiger partial charge in [0.05, 0.1) is 12.0 Å². The maximum atomic E-state index is 12.1. The molecule has 0 unspecified atom stereocenters. The van der Waals surface area contributed by atoms with E-state index in [0.29, 0.717) is 5.56 Å². The number of hydrogen-bond acceptors (Lipinski definition) is 10. The van der Waals surface area contributed by atoms with Gasteiger partial charge in [-0.15, -0.1) is 0 Å². The highest BCUT2D eigenvalue weighted by Crippen LogP contribution is 2.35. The molecule has 182 valence electrons. The van der Waals surface area contributed by atoms with Crippen molar-refractivity contribution in [3.05, 3.63) is 69.9 Å². The molecule has 0 aliphatic rings. The lowest BCUT2D eigenvalue weighted by Crippen LogP contribution is -2.06. The molecule has 0 fully saturated rings. The molecule has 0 aliphatic heterocycles. The summed E-state index contributed by atoms with van der Waals surface area (Å²) in [6.45, 7) is 3.55. The van der Waals surface area contributed by atoms with Gasteiger partial charge in [0, 0.05) is 17.7 Å². The summed E-state index contributed by atoms with van der Waals surface area (Å²) in [4.78, 5) is 23.4. The standard InChI is InChI=1S/C15H10O6.C10H12O4/c16-8-2-3-9-12(6-8)21-15(14(20)13(9)19)7-1-4-10(17)11(18)5-7;1-3-14-10(13)9-6(2)4-7(11)5-8(9)12/h1-6,16-18,20H;4-5,11-12H,3H2,1-2H3. The number of hydrogen-bond donors (Lipinski definition) is 6. The van der Waals surface area contributed by atoms with Crippen molar-refractivity contribution < 1.29 is 44.6 Å². The van der Waals surface area contributed by atoms with E-state index < -0.39 is 22.9 Å². The quantitative estimate of drug-likeness (QED) is 0.185. The Hall–Kier alpha value is -4.86. The summed E-state index contributed by atoms with van der Waals surface area (Å²) in [5.41, 5.74) is 0.245. The van der Waals surface area contributed by atoms with E-state index in [-0.39, 0.29) is 57.5 Å². The van der Waals surface area contributed by atoms with E-state index in [1.165, 1.54) is 36.4 Å². The molecule has 0 amide bonds. The van der Waals surface area contributed by atoms with Crippen LogP contribution in [0.25, 0.3) is 22.3 Å². The third-order valence-electron chi connectivity index (χ3n) is 4.87. The smallest absolute Gasteiger partial charge is 0.342 e. The van der Waals surface area contributed by atoms with E-state index in [9.17, 15) is 35.1 Å². The molecule has 10 nitrogen and oxygen atoms in total. The lowest BCUT2D eigenvalue weighted by Gasteiger charge is -2.07. The zero-order valence-electron chi connectivity index (χ0n) is 18.6. The average Bonchev–Trinajstić information content (AvgIpc) is 2.78. The molecule has 0 saturated carbocycles. The lowest BCUT2D eigenvalue weighted by atomic mass is 10.1. The van der Waals surface area contributed by atoms with Crippen molar-refractivity contribution in [2.45, 2.75) is 13.8 Å². The van der Waals surface area contributed by atoms with Crippen LogP contribution in [0.4, 0.5) is 0 Å². The number of aryl methyl sites for hydroxylation is 1. The highest BCUT2D eigenvalue weighted by atomic mass is 16.5. The fourth-order valence-corrected chi connectivity index (χ4v) is 3.25. The number of aromatic hydroxyl groups is 6. The van der Waals surface area contributed by atoms with Crippen molar-refractivity contribution in [3.63, 3.8) is 0 Å². The normalized spacial score (nSPS) is 10.5. The predicted molar refractivity (Wildman–Crippen MR) is 125 cm³/mol. The minimum absolute atomic E-state index is 0.0759. The Labute approximate surface area is 198 Å². The number of benzene rings is 3. The second-order valence-corrected chi connectivity index (χ2v) is 7.37. The largest absolute Gasteiger partial charge is 0.508 e. The Balaban J connectivity index is 0.000000214. The number of carbonyl (C=O) groups is 1. The summed E-state index contributed by atoms with van der Waals surface area (Å²) < 4.78 is 10.2. The second kappa shape index (κ2) is 9.96. The number of phenolic OH excluding ortho intramolecular Hbond substituents is 5. The Morgan fingerprint density at radius 2 is 1.57 bits per heavy atom. The number of carbonyl (C=O) groups excluding carboxylic acids is 1. The topological polar surface area (TPSA) is 178 Å². The summed E-state index contributed by atoms with van der Waals surface area (Å²) >= 11 is 0. The van der Waals surface area contributed by atoms with Gasteiger partial charge < -0.3 is 39.8 Å². The molecule has 4 aromatic rings. The number of phenols is 5. The first-order valence-electron chi connectivity index (χ1n) is 10.2. The van der Waals surface area contributed by atoms with E-state index >= 15 is 0 Å². The molecule has 0 atom stereocenters. The van der Waals surface area contributed by atoms with Crippen LogP contribution in [-0.2, 0) is 4.74 Å². The maximum Gasteiger partial charge on any atom is 0.342 e. The molecule has 4 rings (SSSR count). The zero-order chi connectivity index (χ0) is 25.9. The molecule has 3 aromatic carbocycles. The summed E-state index contributed by atoms with van der Waals surface area (Å²) in [7, 11) is 0. The van der Waals surface area contributed by atoms with Crippen molar-refractivity contribution in [1.29, 1.82) is 0 Å². The fourth-order valence-electron chi connectivity index (χ4n) is 3.25. The lowest BCUT2D eigenvalue weighted by molar-refractivity contribution is 0.0522. The van der Waals surface area contributed by atoms with Crippen LogP contribution < -0.4 is 5.43 Å². The van der Waals surface area contributed by atoms with E-state index in [2.05, 4.69) is 0 Å². The van der Waals surface area contributed by atoms with Gasteiger partial charge in [-0.1, -0.05) is 0 Å². The summed E-state index contributed by atoms with van der Waals surface area (Å²) in [6, 6.07) is 10.1. The molecule has 0 saturated heterocycles. The first-order chi connectivity index (χ1) is 16.5. The average molecular weight is 482 g/mol. The van der Waals surface area contributed by atoms with Crippen molar-refractivity contribution in [1.82, 2.24) is 0 Å². The first kappa shape index (κ1) is 24.8. The van der Waals surface area contributed by atoms with Gasteiger partial charge in [0.15, 0.2) is 17.3 Å².